The van der Waals surface area contributed by atoms with Crippen LogP contribution in [0.15, 0.2) is 82.7 Å². The molecule has 29 heavy (non-hydrogen) atoms. The van der Waals surface area contributed by atoms with Gasteiger partial charge in [-0.15, -0.1) is 11.8 Å². The minimum Gasteiger partial charge on any atom is -0.326 e. The van der Waals surface area contributed by atoms with E-state index in [2.05, 4.69) is 11.4 Å². The highest BCUT2D eigenvalue weighted by atomic mass is 32.2. The maximum absolute atomic E-state index is 13.4. The van der Waals surface area contributed by atoms with Gasteiger partial charge in [0.05, 0.1) is 22.6 Å². The topological polar surface area (TPSA) is 58.5 Å². The molecule has 1 heterocycles. The Morgan fingerprint density at radius 2 is 1.62 bits per heavy atom. The summed E-state index contributed by atoms with van der Waals surface area (Å²) >= 11 is 1.68. The third kappa shape index (κ3) is 3.08. The largest absolute Gasteiger partial charge is 0.326 e. The lowest BCUT2D eigenvalue weighted by Crippen LogP contribution is -2.22. The molecule has 0 fully saturated rings. The van der Waals surface area contributed by atoms with Crippen molar-refractivity contribution in [2.45, 2.75) is 17.1 Å². The molecule has 2 aliphatic rings. The van der Waals surface area contributed by atoms with Crippen molar-refractivity contribution >= 4 is 40.5 Å². The summed E-state index contributed by atoms with van der Waals surface area (Å²) < 4.78 is 0. The van der Waals surface area contributed by atoms with E-state index >= 15 is 0 Å². The summed E-state index contributed by atoms with van der Waals surface area (Å²) in [4.78, 5) is 30.7. The van der Waals surface area contributed by atoms with Crippen LogP contribution in [0, 0.1) is 5.92 Å². The number of carbonyl (C=O) groups excluding carboxylic acids is 2. The number of benzene rings is 3. The first kappa shape index (κ1) is 17.9. The van der Waals surface area contributed by atoms with Crippen LogP contribution in [0.2, 0.25) is 0 Å². The highest BCUT2D eigenvalue weighted by Crippen LogP contribution is 2.51. The summed E-state index contributed by atoms with van der Waals surface area (Å²) in [5.41, 5.74) is 5.21. The second-order valence-corrected chi connectivity index (χ2v) is 8.38. The van der Waals surface area contributed by atoms with E-state index in [0.717, 1.165) is 38.7 Å². The minimum absolute atomic E-state index is 0.0938. The van der Waals surface area contributed by atoms with Gasteiger partial charge in [0.25, 0.3) is 0 Å². The Balaban J connectivity index is 1.64. The molecular formula is C24H18N2O2S. The normalized spacial score (nSPS) is 19.5. The SMILES string of the molecule is CC(=O)Nc1ccc([C@H]2Sc3ccccc3N=C3c4ccccc4C(=O)[C@H]32)cc1. The minimum atomic E-state index is -0.337. The predicted octanol–water partition coefficient (Wildman–Crippen LogP) is 5.43. The van der Waals surface area contributed by atoms with Gasteiger partial charge in [0.1, 0.15) is 0 Å². The van der Waals surface area contributed by atoms with Crippen LogP contribution >= 0.6 is 11.8 Å². The third-order valence-electron chi connectivity index (χ3n) is 5.27. The molecule has 0 aromatic heterocycles. The van der Waals surface area contributed by atoms with Gasteiger partial charge < -0.3 is 5.32 Å². The number of nitrogens with zero attached hydrogens (tertiary/aromatic N) is 1. The van der Waals surface area contributed by atoms with Gasteiger partial charge in [-0.3, -0.25) is 14.6 Å². The highest BCUT2D eigenvalue weighted by Gasteiger charge is 2.44. The summed E-state index contributed by atoms with van der Waals surface area (Å²) in [6.45, 7) is 1.49. The zero-order valence-corrected chi connectivity index (χ0v) is 16.6. The second-order valence-electron chi connectivity index (χ2n) is 7.19. The Labute approximate surface area is 173 Å². The Hall–Kier alpha value is -3.18. The van der Waals surface area contributed by atoms with E-state index in [9.17, 15) is 9.59 Å². The smallest absolute Gasteiger partial charge is 0.221 e. The number of thioether (sulfide) groups is 1. The van der Waals surface area contributed by atoms with Crippen molar-refractivity contribution in [3.8, 4) is 0 Å². The van der Waals surface area contributed by atoms with Crippen molar-refractivity contribution in [2.75, 3.05) is 5.32 Å². The van der Waals surface area contributed by atoms with Gasteiger partial charge in [0.15, 0.2) is 5.78 Å². The molecule has 3 aromatic rings. The van der Waals surface area contributed by atoms with Gasteiger partial charge in [0, 0.05) is 28.6 Å². The second kappa shape index (κ2) is 7.01. The number of Topliss-reactive ketones (excluding diaryl/α,β-unsaturated/α-hetero) is 1. The average Bonchev–Trinajstić information content (AvgIpc) is 2.89. The van der Waals surface area contributed by atoms with E-state index < -0.39 is 0 Å². The van der Waals surface area contributed by atoms with Crippen LogP contribution in [0.3, 0.4) is 0 Å². The van der Waals surface area contributed by atoms with Gasteiger partial charge >= 0.3 is 0 Å². The molecule has 0 radical (unpaired) electrons. The molecule has 1 aliphatic heterocycles. The fourth-order valence-corrected chi connectivity index (χ4v) is 5.34. The van der Waals surface area contributed by atoms with Crippen LogP contribution in [0.25, 0.3) is 0 Å². The summed E-state index contributed by atoms with van der Waals surface area (Å²) in [6.07, 6.45) is 0. The summed E-state index contributed by atoms with van der Waals surface area (Å²) in [6, 6.07) is 23.5. The lowest BCUT2D eigenvalue weighted by molar-refractivity contribution is -0.114. The zero-order chi connectivity index (χ0) is 20.0. The van der Waals surface area contributed by atoms with Crippen LogP contribution < -0.4 is 5.32 Å². The van der Waals surface area contributed by atoms with Gasteiger partial charge in [-0.2, -0.15) is 0 Å². The van der Waals surface area contributed by atoms with Crippen LogP contribution in [-0.4, -0.2) is 17.4 Å². The zero-order valence-electron chi connectivity index (χ0n) is 15.8. The van der Waals surface area contributed by atoms with Crippen molar-refractivity contribution in [1.82, 2.24) is 0 Å². The molecule has 142 valence electrons. The first-order chi connectivity index (χ1) is 14.1. The van der Waals surface area contributed by atoms with Crippen molar-refractivity contribution < 1.29 is 9.59 Å². The standard InChI is InChI=1S/C24H18N2O2S/c1-14(27)25-16-12-10-15(11-13-16)24-21-22(17-6-2-3-7-18(17)23(21)28)26-19-8-4-5-9-20(19)29-24/h2-13,21,24H,1H3,(H,25,27)/t21-,24+/m0/s1. The highest BCUT2D eigenvalue weighted by molar-refractivity contribution is 7.99. The first-order valence-corrected chi connectivity index (χ1v) is 10.4. The first-order valence-electron chi connectivity index (χ1n) is 9.47. The van der Waals surface area contributed by atoms with Crippen molar-refractivity contribution in [3.63, 3.8) is 0 Å². The number of anilines is 1. The predicted molar refractivity (Wildman–Crippen MR) is 116 cm³/mol. The number of para-hydroxylation sites is 1. The number of ketones is 1. The van der Waals surface area contributed by atoms with E-state index in [-0.39, 0.29) is 22.9 Å². The average molecular weight is 398 g/mol. The molecule has 0 saturated carbocycles. The van der Waals surface area contributed by atoms with E-state index in [0.29, 0.717) is 0 Å². The number of carbonyl (C=O) groups is 2. The number of hydrogen-bond acceptors (Lipinski definition) is 4. The monoisotopic (exact) mass is 398 g/mol. The van der Waals surface area contributed by atoms with Gasteiger partial charge in [0.2, 0.25) is 5.91 Å². The molecule has 2 atom stereocenters. The Morgan fingerprint density at radius 3 is 2.38 bits per heavy atom. The molecule has 3 aromatic carbocycles. The fourth-order valence-electron chi connectivity index (χ4n) is 3.99. The lowest BCUT2D eigenvalue weighted by atomic mass is 9.93. The molecule has 4 nitrogen and oxygen atoms in total. The molecule has 0 bridgehead atoms. The van der Waals surface area contributed by atoms with Crippen LogP contribution in [0.1, 0.15) is 33.7 Å². The van der Waals surface area contributed by atoms with Crippen molar-refractivity contribution in [1.29, 1.82) is 0 Å². The summed E-state index contributed by atoms with van der Waals surface area (Å²) in [5.74, 6) is -0.321. The number of amides is 1. The van der Waals surface area contributed by atoms with E-state index in [1.54, 1.807) is 11.8 Å². The molecule has 1 N–H and O–H groups in total. The molecule has 1 aliphatic carbocycles. The number of nitrogens with one attached hydrogen (secondary N) is 1. The molecule has 0 spiro atoms. The van der Waals surface area contributed by atoms with Crippen LogP contribution in [0.4, 0.5) is 11.4 Å². The molecule has 0 unspecified atom stereocenters. The van der Waals surface area contributed by atoms with Gasteiger partial charge in [-0.05, 0) is 29.8 Å². The quantitative estimate of drug-likeness (QED) is 0.627. The Kier molecular flexibility index (Phi) is 4.32. The maximum Gasteiger partial charge on any atom is 0.221 e. The number of hydrogen-bond donors (Lipinski definition) is 1. The van der Waals surface area contributed by atoms with E-state index in [4.69, 9.17) is 4.99 Å². The van der Waals surface area contributed by atoms with Gasteiger partial charge in [-0.25, -0.2) is 0 Å². The number of aliphatic imine (C=N–C) groups is 1. The maximum atomic E-state index is 13.4. The number of rotatable bonds is 2. The van der Waals surface area contributed by atoms with E-state index in [1.165, 1.54) is 6.92 Å². The van der Waals surface area contributed by atoms with Crippen molar-refractivity contribution in [2.24, 2.45) is 10.9 Å². The Bertz CT molecular complexity index is 1170. The Morgan fingerprint density at radius 1 is 0.931 bits per heavy atom. The van der Waals surface area contributed by atoms with Crippen LogP contribution in [-0.2, 0) is 4.79 Å². The fraction of sp³-hybridized carbons (Fsp3) is 0.125. The summed E-state index contributed by atoms with van der Waals surface area (Å²) in [5, 5.41) is 2.70. The molecule has 5 heteroatoms. The molecular weight excluding hydrogens is 380 g/mol. The van der Waals surface area contributed by atoms with Crippen LogP contribution in [0.5, 0.6) is 0 Å². The summed E-state index contributed by atoms with van der Waals surface area (Å²) in [7, 11) is 0. The lowest BCUT2D eigenvalue weighted by Gasteiger charge is -2.21. The third-order valence-corrected chi connectivity index (χ3v) is 6.67. The number of fused-ring (bicyclic) bond motifs is 4. The van der Waals surface area contributed by atoms with Crippen molar-refractivity contribution in [3.05, 3.63) is 89.5 Å². The van der Waals surface area contributed by atoms with E-state index in [1.807, 2.05) is 66.7 Å². The van der Waals surface area contributed by atoms with Gasteiger partial charge in [-0.1, -0.05) is 48.5 Å². The molecule has 0 saturated heterocycles. The molecule has 1 amide bonds. The molecule has 5 rings (SSSR count).